The average Bonchev–Trinajstić information content (AvgIpc) is 2.78. The van der Waals surface area contributed by atoms with Crippen molar-refractivity contribution >= 4 is 23.2 Å². The summed E-state index contributed by atoms with van der Waals surface area (Å²) in [5.74, 6) is -0.195. The molecule has 0 N–H and O–H groups in total. The van der Waals surface area contributed by atoms with Crippen molar-refractivity contribution < 1.29 is 27.7 Å². The van der Waals surface area contributed by atoms with Crippen molar-refractivity contribution in [3.63, 3.8) is 0 Å². The van der Waals surface area contributed by atoms with Crippen LogP contribution >= 0.6 is 0 Å². The number of piperazine rings is 1. The highest BCUT2D eigenvalue weighted by Crippen LogP contribution is 2.37. The molecule has 1 aromatic rings. The van der Waals surface area contributed by atoms with Gasteiger partial charge >= 0.3 is 6.18 Å². The predicted molar refractivity (Wildman–Crippen MR) is 115 cm³/mol. The molecule has 33 heavy (non-hydrogen) atoms. The maximum absolute atomic E-state index is 12.9. The molecule has 3 rings (SSSR count). The first-order valence-electron chi connectivity index (χ1n) is 10.8. The van der Waals surface area contributed by atoms with Crippen LogP contribution in [-0.4, -0.2) is 91.3 Å². The van der Waals surface area contributed by atoms with Crippen molar-refractivity contribution in [2.24, 2.45) is 5.92 Å². The number of likely N-dealkylation sites (N-methyl/N-ethyl adjacent to an activating group) is 1. The Kier molecular flexibility index (Phi) is 7.45. The zero-order valence-electron chi connectivity index (χ0n) is 18.7. The van der Waals surface area contributed by atoms with Gasteiger partial charge in [0.1, 0.15) is 5.69 Å². The van der Waals surface area contributed by atoms with E-state index in [9.17, 15) is 32.9 Å². The van der Waals surface area contributed by atoms with Gasteiger partial charge in [0.2, 0.25) is 11.8 Å². The van der Waals surface area contributed by atoms with E-state index in [0.717, 1.165) is 12.1 Å². The highest BCUT2D eigenvalue weighted by atomic mass is 19.4. The molecule has 9 nitrogen and oxygen atoms in total. The third-order valence-electron chi connectivity index (χ3n) is 6.23. The Morgan fingerprint density at radius 3 is 2.21 bits per heavy atom. The molecule has 2 saturated heterocycles. The van der Waals surface area contributed by atoms with Crippen molar-refractivity contribution in [2.45, 2.75) is 19.0 Å². The molecule has 2 aliphatic heterocycles. The highest BCUT2D eigenvalue weighted by molar-refractivity contribution is 5.80. The Balaban J connectivity index is 1.56. The Labute approximate surface area is 189 Å². The largest absolute Gasteiger partial charge is 0.416 e. The lowest BCUT2D eigenvalue weighted by Crippen LogP contribution is -2.53. The minimum absolute atomic E-state index is 0.0134. The van der Waals surface area contributed by atoms with Crippen LogP contribution in [0.2, 0.25) is 0 Å². The van der Waals surface area contributed by atoms with Gasteiger partial charge < -0.3 is 14.7 Å². The van der Waals surface area contributed by atoms with Gasteiger partial charge in [-0.25, -0.2) is 0 Å². The molecule has 0 atom stereocenters. The quantitative estimate of drug-likeness (QED) is 0.483. The lowest BCUT2D eigenvalue weighted by Gasteiger charge is -2.39. The number of benzene rings is 1. The van der Waals surface area contributed by atoms with Crippen LogP contribution in [0.4, 0.5) is 24.5 Å². The van der Waals surface area contributed by atoms with Crippen molar-refractivity contribution in [1.29, 1.82) is 0 Å². The first-order chi connectivity index (χ1) is 15.5. The smallest absolute Gasteiger partial charge is 0.366 e. The third-order valence-corrected chi connectivity index (χ3v) is 6.23. The number of nitro benzene ring substituents is 1. The number of nitrogens with zero attached hydrogens (tertiary/aromatic N) is 5. The van der Waals surface area contributed by atoms with Gasteiger partial charge in [0.05, 0.1) is 17.0 Å². The molecule has 0 bridgehead atoms. The number of carbonyl (C=O) groups excluding carboxylic acids is 2. The third kappa shape index (κ3) is 5.92. The van der Waals surface area contributed by atoms with Crippen LogP contribution in [-0.2, 0) is 15.8 Å². The van der Waals surface area contributed by atoms with Gasteiger partial charge in [-0.2, -0.15) is 13.2 Å². The molecule has 0 radical (unpaired) electrons. The minimum atomic E-state index is -4.66. The second-order valence-electron chi connectivity index (χ2n) is 8.61. The number of hydrogen-bond donors (Lipinski definition) is 0. The number of rotatable bonds is 5. The Morgan fingerprint density at radius 2 is 1.70 bits per heavy atom. The van der Waals surface area contributed by atoms with E-state index in [4.69, 9.17) is 0 Å². The Morgan fingerprint density at radius 1 is 1.09 bits per heavy atom. The first-order valence-corrected chi connectivity index (χ1v) is 10.8. The molecule has 0 unspecified atom stereocenters. The zero-order chi connectivity index (χ0) is 24.3. The number of anilines is 1. The van der Waals surface area contributed by atoms with Crippen molar-refractivity contribution in [1.82, 2.24) is 14.7 Å². The number of piperidine rings is 1. The summed E-state index contributed by atoms with van der Waals surface area (Å²) in [4.78, 5) is 42.4. The number of alkyl halides is 3. The fraction of sp³-hybridized carbons (Fsp3) is 0.619. The molecule has 2 heterocycles. The predicted octanol–water partition coefficient (Wildman–Crippen LogP) is 2.06. The van der Waals surface area contributed by atoms with E-state index in [1.807, 2.05) is 4.90 Å². The van der Waals surface area contributed by atoms with Crippen LogP contribution in [0, 0.1) is 16.0 Å². The van der Waals surface area contributed by atoms with Gasteiger partial charge in [-0.05, 0) is 25.0 Å². The second kappa shape index (κ2) is 9.94. The topological polar surface area (TPSA) is 90.2 Å². The van der Waals surface area contributed by atoms with Gasteiger partial charge in [-0.3, -0.25) is 24.6 Å². The number of carbonyl (C=O) groups is 2. The fourth-order valence-electron chi connectivity index (χ4n) is 4.20. The molecule has 0 spiro atoms. The van der Waals surface area contributed by atoms with E-state index < -0.39 is 22.4 Å². The summed E-state index contributed by atoms with van der Waals surface area (Å²) in [5.41, 5.74) is -1.51. The first kappa shape index (κ1) is 24.7. The monoisotopic (exact) mass is 471 g/mol. The van der Waals surface area contributed by atoms with Crippen molar-refractivity contribution in [3.8, 4) is 0 Å². The number of halogens is 3. The SMILES string of the molecule is CN(C)C(=O)CN1CCN(C(=O)C2CCN(c3ccc(C(F)(F)F)cc3[N+](=O)[O-])CC2)CC1. The van der Waals surface area contributed by atoms with Crippen LogP contribution in [0.15, 0.2) is 18.2 Å². The summed E-state index contributed by atoms with van der Waals surface area (Å²) in [6, 6.07) is 2.55. The molecule has 1 aromatic carbocycles. The number of amides is 2. The maximum Gasteiger partial charge on any atom is 0.416 e. The molecule has 2 amide bonds. The zero-order valence-corrected chi connectivity index (χ0v) is 18.7. The van der Waals surface area contributed by atoms with E-state index >= 15 is 0 Å². The molecule has 182 valence electrons. The summed E-state index contributed by atoms with van der Waals surface area (Å²) in [6.45, 7) is 3.30. The van der Waals surface area contributed by atoms with Crippen LogP contribution in [0.1, 0.15) is 18.4 Å². The molecule has 12 heteroatoms. The van der Waals surface area contributed by atoms with Crippen LogP contribution in [0.5, 0.6) is 0 Å². The minimum Gasteiger partial charge on any atom is -0.366 e. The van der Waals surface area contributed by atoms with Gasteiger partial charge in [-0.15, -0.1) is 0 Å². The van der Waals surface area contributed by atoms with Gasteiger partial charge in [0.25, 0.3) is 5.69 Å². The fourth-order valence-corrected chi connectivity index (χ4v) is 4.20. The molecule has 0 aliphatic carbocycles. The average molecular weight is 471 g/mol. The summed E-state index contributed by atoms with van der Waals surface area (Å²) >= 11 is 0. The molecule has 0 aromatic heterocycles. The van der Waals surface area contributed by atoms with Crippen LogP contribution in [0.25, 0.3) is 0 Å². The highest BCUT2D eigenvalue weighted by Gasteiger charge is 2.36. The van der Waals surface area contributed by atoms with Crippen molar-refractivity contribution in [3.05, 3.63) is 33.9 Å². The molecule has 2 aliphatic rings. The summed E-state index contributed by atoms with van der Waals surface area (Å²) < 4.78 is 38.8. The van der Waals surface area contributed by atoms with E-state index in [1.165, 1.54) is 4.90 Å². The molecule has 0 saturated carbocycles. The lowest BCUT2D eigenvalue weighted by atomic mass is 9.94. The van der Waals surface area contributed by atoms with E-state index in [-0.39, 0.29) is 23.4 Å². The summed E-state index contributed by atoms with van der Waals surface area (Å²) in [7, 11) is 3.40. The van der Waals surface area contributed by atoms with E-state index in [1.54, 1.807) is 23.9 Å². The number of nitro groups is 1. The second-order valence-corrected chi connectivity index (χ2v) is 8.61. The summed E-state index contributed by atoms with van der Waals surface area (Å²) in [5, 5.41) is 11.4. The van der Waals surface area contributed by atoms with E-state index in [0.29, 0.717) is 64.7 Å². The van der Waals surface area contributed by atoms with E-state index in [2.05, 4.69) is 0 Å². The Bertz CT molecular complexity index is 892. The van der Waals surface area contributed by atoms with Crippen LogP contribution < -0.4 is 4.90 Å². The van der Waals surface area contributed by atoms with Gasteiger partial charge in [-0.1, -0.05) is 0 Å². The number of hydrogen-bond acceptors (Lipinski definition) is 6. The molecular weight excluding hydrogens is 443 g/mol. The molecule has 2 fully saturated rings. The normalized spacial score (nSPS) is 18.3. The maximum atomic E-state index is 12.9. The van der Waals surface area contributed by atoms with Gasteiger partial charge in [0.15, 0.2) is 0 Å². The van der Waals surface area contributed by atoms with Gasteiger partial charge in [0, 0.05) is 65.3 Å². The Hall–Kier alpha value is -2.89. The standard InChI is InChI=1S/C21H28F3N5O4/c1-25(2)19(30)14-26-9-11-28(12-10-26)20(31)15-5-7-27(8-6-15)17-4-3-16(21(22,23)24)13-18(17)29(32)33/h3-4,13,15H,5-12,14H2,1-2H3. The lowest BCUT2D eigenvalue weighted by molar-refractivity contribution is -0.384. The molecular formula is C21H28F3N5O4. The van der Waals surface area contributed by atoms with Crippen LogP contribution in [0.3, 0.4) is 0 Å². The van der Waals surface area contributed by atoms with Crippen molar-refractivity contribution in [2.75, 3.05) is 64.8 Å². The summed E-state index contributed by atoms with van der Waals surface area (Å²) in [6.07, 6.45) is -3.72.